The average molecular weight is 266 g/mol. The van der Waals surface area contributed by atoms with Crippen LogP contribution in [0.2, 0.25) is 0 Å². The Bertz CT molecular complexity index is 468. The van der Waals surface area contributed by atoms with Crippen LogP contribution in [0, 0.1) is 0 Å². The summed E-state index contributed by atoms with van der Waals surface area (Å²) in [6.45, 7) is 1.93. The Balaban J connectivity index is 2.10. The molecule has 1 aromatic heterocycles. The van der Waals surface area contributed by atoms with Gasteiger partial charge in [-0.2, -0.15) is 5.10 Å². The monoisotopic (exact) mass is 266 g/mol. The van der Waals surface area contributed by atoms with Gasteiger partial charge in [0.15, 0.2) is 0 Å². The Labute approximate surface area is 109 Å². The highest BCUT2D eigenvalue weighted by Gasteiger charge is 2.23. The quantitative estimate of drug-likeness (QED) is 0.778. The highest BCUT2D eigenvalue weighted by molar-refractivity contribution is 7.12. The summed E-state index contributed by atoms with van der Waals surface area (Å²) in [4.78, 5) is 24.1. The third kappa shape index (κ3) is 2.95. The molecule has 1 amide bonds. The summed E-state index contributed by atoms with van der Waals surface area (Å²) in [7, 11) is 0. The molecule has 0 spiro atoms. The molecule has 6 heteroatoms. The minimum atomic E-state index is -0.429. The Morgan fingerprint density at radius 1 is 1.56 bits per heavy atom. The van der Waals surface area contributed by atoms with Crippen molar-refractivity contribution in [3.05, 3.63) is 22.4 Å². The van der Waals surface area contributed by atoms with Crippen molar-refractivity contribution in [2.75, 3.05) is 13.2 Å². The van der Waals surface area contributed by atoms with Crippen LogP contribution in [-0.2, 0) is 14.3 Å². The molecular weight excluding hydrogens is 252 g/mol. The fourth-order valence-electron chi connectivity index (χ4n) is 1.67. The van der Waals surface area contributed by atoms with E-state index < -0.39 is 5.97 Å². The first kappa shape index (κ1) is 12.8. The number of hydrogen-bond donors (Lipinski definition) is 0. The van der Waals surface area contributed by atoms with Gasteiger partial charge in [-0.15, -0.1) is 11.3 Å². The number of ether oxygens (including phenoxy) is 1. The van der Waals surface area contributed by atoms with E-state index in [4.69, 9.17) is 4.74 Å². The van der Waals surface area contributed by atoms with Crippen LogP contribution in [0.25, 0.3) is 0 Å². The van der Waals surface area contributed by atoms with E-state index in [2.05, 4.69) is 5.10 Å². The number of esters is 1. The highest BCUT2D eigenvalue weighted by atomic mass is 32.1. The highest BCUT2D eigenvalue weighted by Crippen LogP contribution is 2.18. The molecule has 0 saturated heterocycles. The van der Waals surface area contributed by atoms with Gasteiger partial charge in [-0.1, -0.05) is 6.07 Å². The van der Waals surface area contributed by atoms with Crippen molar-refractivity contribution in [1.82, 2.24) is 5.01 Å². The van der Waals surface area contributed by atoms with Gasteiger partial charge >= 0.3 is 5.97 Å². The molecule has 0 unspecified atom stereocenters. The largest absolute Gasteiger partial charge is 0.465 e. The molecule has 0 aliphatic carbocycles. The maximum Gasteiger partial charge on any atom is 0.327 e. The lowest BCUT2D eigenvalue weighted by molar-refractivity contribution is -0.149. The number of rotatable bonds is 4. The number of carbonyl (C=O) groups excluding carboxylic acids is 2. The Morgan fingerprint density at radius 2 is 2.39 bits per heavy atom. The molecule has 96 valence electrons. The molecule has 18 heavy (non-hydrogen) atoms. The Morgan fingerprint density at radius 3 is 3.06 bits per heavy atom. The van der Waals surface area contributed by atoms with Crippen LogP contribution in [0.15, 0.2) is 22.6 Å². The molecule has 5 nitrogen and oxygen atoms in total. The zero-order valence-electron chi connectivity index (χ0n) is 10.1. The van der Waals surface area contributed by atoms with Crippen LogP contribution >= 0.6 is 11.3 Å². The van der Waals surface area contributed by atoms with Gasteiger partial charge in [0, 0.05) is 12.8 Å². The summed E-state index contributed by atoms with van der Waals surface area (Å²) in [5.74, 6) is -0.564. The molecule has 1 aromatic rings. The summed E-state index contributed by atoms with van der Waals surface area (Å²) in [5, 5.41) is 7.40. The molecule has 0 radical (unpaired) electrons. The molecule has 0 N–H and O–H groups in total. The zero-order valence-corrected chi connectivity index (χ0v) is 10.9. The summed E-state index contributed by atoms with van der Waals surface area (Å²) < 4.78 is 4.82. The molecule has 0 fully saturated rings. The van der Waals surface area contributed by atoms with Crippen molar-refractivity contribution in [3.63, 3.8) is 0 Å². The SMILES string of the molecule is CCOC(=O)CN1N=C(c2cccs2)CCC1=O. The molecule has 2 heterocycles. The first-order valence-corrected chi connectivity index (χ1v) is 6.66. The van der Waals surface area contributed by atoms with Crippen LogP contribution < -0.4 is 0 Å². The van der Waals surface area contributed by atoms with Gasteiger partial charge in [-0.05, 0) is 18.4 Å². The van der Waals surface area contributed by atoms with Crippen molar-refractivity contribution in [2.45, 2.75) is 19.8 Å². The molecular formula is C12H14N2O3S. The van der Waals surface area contributed by atoms with E-state index in [1.807, 2.05) is 17.5 Å². The van der Waals surface area contributed by atoms with Crippen LogP contribution in [0.3, 0.4) is 0 Å². The van der Waals surface area contributed by atoms with Crippen molar-refractivity contribution in [3.8, 4) is 0 Å². The third-order valence-corrected chi connectivity index (χ3v) is 3.41. The Hall–Kier alpha value is -1.69. The van der Waals surface area contributed by atoms with Gasteiger partial charge in [-0.3, -0.25) is 9.59 Å². The second-order valence-electron chi connectivity index (χ2n) is 3.78. The molecule has 1 aliphatic heterocycles. The minimum absolute atomic E-state index is 0.110. The predicted octanol–water partition coefficient (Wildman–Crippen LogP) is 1.64. The standard InChI is InChI=1S/C12H14N2O3S/c1-2-17-12(16)8-14-11(15)6-5-9(13-14)10-4-3-7-18-10/h3-4,7H,2,5-6,8H2,1H3. The number of hydrogen-bond acceptors (Lipinski definition) is 5. The average Bonchev–Trinajstić information content (AvgIpc) is 2.86. The number of nitrogens with zero attached hydrogens (tertiary/aromatic N) is 2. The van der Waals surface area contributed by atoms with Gasteiger partial charge in [0.2, 0.25) is 5.91 Å². The lowest BCUT2D eigenvalue weighted by Crippen LogP contribution is -2.36. The number of thiophene rings is 1. The van der Waals surface area contributed by atoms with Crippen LogP contribution in [0.1, 0.15) is 24.6 Å². The van der Waals surface area contributed by atoms with Crippen LogP contribution in [0.4, 0.5) is 0 Å². The fourth-order valence-corrected chi connectivity index (χ4v) is 2.41. The molecule has 0 saturated carbocycles. The summed E-state index contributed by atoms with van der Waals surface area (Å²) in [6.07, 6.45) is 1.01. The van der Waals surface area contributed by atoms with Gasteiger partial charge in [0.1, 0.15) is 6.54 Å². The van der Waals surface area contributed by atoms with E-state index in [1.165, 1.54) is 5.01 Å². The summed E-state index contributed by atoms with van der Waals surface area (Å²) >= 11 is 1.58. The van der Waals surface area contributed by atoms with E-state index in [0.717, 1.165) is 10.6 Å². The predicted molar refractivity (Wildman–Crippen MR) is 68.4 cm³/mol. The molecule has 0 bridgehead atoms. The summed E-state index contributed by atoms with van der Waals surface area (Å²) in [5.41, 5.74) is 0.855. The van der Waals surface area contributed by atoms with Crippen molar-refractivity contribution in [2.24, 2.45) is 5.10 Å². The fraction of sp³-hybridized carbons (Fsp3) is 0.417. The number of hydrazone groups is 1. The van der Waals surface area contributed by atoms with Gasteiger partial charge in [-0.25, -0.2) is 5.01 Å². The number of carbonyl (C=O) groups is 2. The Kier molecular flexibility index (Phi) is 4.09. The minimum Gasteiger partial charge on any atom is -0.465 e. The van der Waals surface area contributed by atoms with Crippen LogP contribution in [-0.4, -0.2) is 35.7 Å². The van der Waals surface area contributed by atoms with Crippen molar-refractivity contribution in [1.29, 1.82) is 0 Å². The van der Waals surface area contributed by atoms with Gasteiger partial charge in [0.25, 0.3) is 0 Å². The van der Waals surface area contributed by atoms with Gasteiger partial charge in [0.05, 0.1) is 17.2 Å². The van der Waals surface area contributed by atoms with E-state index in [0.29, 0.717) is 19.4 Å². The van der Waals surface area contributed by atoms with Crippen molar-refractivity contribution < 1.29 is 14.3 Å². The maximum atomic E-state index is 11.7. The molecule has 2 rings (SSSR count). The first-order valence-electron chi connectivity index (χ1n) is 5.78. The second-order valence-corrected chi connectivity index (χ2v) is 4.73. The van der Waals surface area contributed by atoms with Gasteiger partial charge < -0.3 is 4.74 Å². The normalized spacial score (nSPS) is 15.5. The summed E-state index contributed by atoms with van der Waals surface area (Å²) in [6, 6.07) is 3.90. The van der Waals surface area contributed by atoms with E-state index in [9.17, 15) is 9.59 Å². The van der Waals surface area contributed by atoms with Crippen molar-refractivity contribution >= 4 is 28.9 Å². The third-order valence-electron chi connectivity index (χ3n) is 2.49. The lowest BCUT2D eigenvalue weighted by atomic mass is 10.1. The first-order chi connectivity index (χ1) is 8.70. The number of amides is 1. The van der Waals surface area contributed by atoms with E-state index in [1.54, 1.807) is 18.3 Å². The van der Waals surface area contributed by atoms with E-state index in [-0.39, 0.29) is 12.5 Å². The smallest absolute Gasteiger partial charge is 0.327 e. The second kappa shape index (κ2) is 5.77. The topological polar surface area (TPSA) is 59.0 Å². The molecule has 0 aromatic carbocycles. The molecule has 1 aliphatic rings. The lowest BCUT2D eigenvalue weighted by Gasteiger charge is -2.22. The maximum absolute atomic E-state index is 11.7. The zero-order chi connectivity index (χ0) is 13.0. The molecule has 0 atom stereocenters. The van der Waals surface area contributed by atoms with Crippen LogP contribution in [0.5, 0.6) is 0 Å². The van der Waals surface area contributed by atoms with E-state index >= 15 is 0 Å².